The van der Waals surface area contributed by atoms with Gasteiger partial charge in [-0.15, -0.1) is 0 Å². The van der Waals surface area contributed by atoms with E-state index in [0.717, 1.165) is 16.5 Å². The Labute approximate surface area is 132 Å². The normalized spacial score (nSPS) is 13.2. The standard InChI is InChI=1S/C15H21Br2NO/c1-10-5-11(7-12(16)6-10)14(19)18-9-13(17)8-15(2,3)4/h5-7,13H,8-9H2,1-4H3,(H,18,19). The van der Waals surface area contributed by atoms with E-state index in [2.05, 4.69) is 57.9 Å². The Morgan fingerprint density at radius 3 is 2.47 bits per heavy atom. The Balaban J connectivity index is 2.56. The molecule has 1 unspecified atom stereocenters. The highest BCUT2D eigenvalue weighted by Crippen LogP contribution is 2.24. The quantitative estimate of drug-likeness (QED) is 0.742. The number of amides is 1. The maximum atomic E-state index is 12.1. The lowest BCUT2D eigenvalue weighted by Gasteiger charge is -2.22. The Morgan fingerprint density at radius 1 is 1.32 bits per heavy atom. The molecule has 1 atom stereocenters. The molecular weight excluding hydrogens is 370 g/mol. The Hall–Kier alpha value is -0.350. The second kappa shape index (κ2) is 6.89. The van der Waals surface area contributed by atoms with Crippen LogP contribution in [0.3, 0.4) is 0 Å². The summed E-state index contributed by atoms with van der Waals surface area (Å²) in [7, 11) is 0. The Kier molecular flexibility index (Phi) is 6.06. The third-order valence-corrected chi connectivity index (χ3v) is 3.73. The van der Waals surface area contributed by atoms with Gasteiger partial charge in [-0.05, 0) is 42.5 Å². The van der Waals surface area contributed by atoms with Gasteiger partial charge in [0.1, 0.15) is 0 Å². The largest absolute Gasteiger partial charge is 0.351 e. The van der Waals surface area contributed by atoms with Gasteiger partial charge in [0.05, 0.1) is 0 Å². The molecule has 0 saturated carbocycles. The first kappa shape index (κ1) is 16.7. The number of rotatable bonds is 4. The first-order chi connectivity index (χ1) is 8.67. The fourth-order valence-electron chi connectivity index (χ4n) is 1.91. The zero-order chi connectivity index (χ0) is 14.6. The van der Waals surface area contributed by atoms with Crippen molar-refractivity contribution < 1.29 is 4.79 Å². The van der Waals surface area contributed by atoms with Gasteiger partial charge < -0.3 is 5.32 Å². The monoisotopic (exact) mass is 389 g/mol. The van der Waals surface area contributed by atoms with Crippen LogP contribution < -0.4 is 5.32 Å². The van der Waals surface area contributed by atoms with Gasteiger partial charge in [0, 0.05) is 21.4 Å². The van der Waals surface area contributed by atoms with Crippen LogP contribution in [-0.2, 0) is 0 Å². The summed E-state index contributed by atoms with van der Waals surface area (Å²) in [6.45, 7) is 9.21. The molecule has 0 saturated heterocycles. The average Bonchev–Trinajstić information content (AvgIpc) is 2.22. The highest BCUT2D eigenvalue weighted by atomic mass is 79.9. The second-order valence-electron chi connectivity index (χ2n) is 6.09. The van der Waals surface area contributed by atoms with Gasteiger partial charge in [0.25, 0.3) is 5.91 Å². The topological polar surface area (TPSA) is 29.1 Å². The molecule has 0 aliphatic rings. The first-order valence-corrected chi connectivity index (χ1v) is 8.08. The molecule has 1 aromatic carbocycles. The number of hydrogen-bond acceptors (Lipinski definition) is 1. The zero-order valence-corrected chi connectivity index (χ0v) is 15.1. The molecule has 1 amide bonds. The molecule has 1 N–H and O–H groups in total. The van der Waals surface area contributed by atoms with Crippen LogP contribution >= 0.6 is 31.9 Å². The molecule has 1 rings (SSSR count). The maximum absolute atomic E-state index is 12.1. The van der Waals surface area contributed by atoms with Crippen LogP contribution in [0.4, 0.5) is 0 Å². The van der Waals surface area contributed by atoms with Crippen LogP contribution in [0.25, 0.3) is 0 Å². The predicted octanol–water partition coefficient (Wildman–Crippen LogP) is 4.69. The van der Waals surface area contributed by atoms with Crippen molar-refractivity contribution in [3.63, 3.8) is 0 Å². The summed E-state index contributed by atoms with van der Waals surface area (Å²) in [6.07, 6.45) is 1.02. The molecule has 0 heterocycles. The minimum atomic E-state index is -0.0252. The van der Waals surface area contributed by atoms with Crippen molar-refractivity contribution in [2.45, 2.75) is 38.9 Å². The van der Waals surface area contributed by atoms with Gasteiger partial charge in [-0.2, -0.15) is 0 Å². The number of carbonyl (C=O) groups is 1. The van der Waals surface area contributed by atoms with Crippen molar-refractivity contribution in [2.75, 3.05) is 6.54 Å². The molecule has 4 heteroatoms. The van der Waals surface area contributed by atoms with E-state index in [0.29, 0.717) is 16.9 Å². The number of nitrogens with one attached hydrogen (secondary N) is 1. The Morgan fingerprint density at radius 2 is 1.95 bits per heavy atom. The van der Waals surface area contributed by atoms with Crippen molar-refractivity contribution in [2.24, 2.45) is 5.41 Å². The highest BCUT2D eigenvalue weighted by Gasteiger charge is 2.17. The van der Waals surface area contributed by atoms with Crippen molar-refractivity contribution in [1.29, 1.82) is 0 Å². The SMILES string of the molecule is Cc1cc(Br)cc(C(=O)NCC(Br)CC(C)(C)C)c1. The number of alkyl halides is 1. The molecule has 0 aromatic heterocycles. The van der Waals surface area contributed by atoms with Gasteiger partial charge >= 0.3 is 0 Å². The minimum Gasteiger partial charge on any atom is -0.351 e. The van der Waals surface area contributed by atoms with Crippen molar-refractivity contribution in [3.8, 4) is 0 Å². The molecule has 0 radical (unpaired) electrons. The summed E-state index contributed by atoms with van der Waals surface area (Å²) < 4.78 is 0.933. The Bertz CT molecular complexity index is 432. The molecule has 0 bridgehead atoms. The molecule has 0 aliphatic carbocycles. The van der Waals surface area contributed by atoms with Crippen LogP contribution in [0.2, 0.25) is 0 Å². The second-order valence-corrected chi connectivity index (χ2v) is 8.30. The van der Waals surface area contributed by atoms with Gasteiger partial charge in [0.2, 0.25) is 0 Å². The summed E-state index contributed by atoms with van der Waals surface area (Å²) in [5.41, 5.74) is 2.03. The van der Waals surface area contributed by atoms with E-state index in [-0.39, 0.29) is 11.3 Å². The number of carbonyl (C=O) groups excluding carboxylic acids is 1. The van der Waals surface area contributed by atoms with Gasteiger partial charge in [-0.1, -0.05) is 52.6 Å². The van der Waals surface area contributed by atoms with Crippen LogP contribution in [0, 0.1) is 12.3 Å². The summed E-state index contributed by atoms with van der Waals surface area (Å²) in [6, 6.07) is 5.73. The predicted molar refractivity (Wildman–Crippen MR) is 88.0 cm³/mol. The lowest BCUT2D eigenvalue weighted by Crippen LogP contribution is -2.31. The molecule has 19 heavy (non-hydrogen) atoms. The lowest BCUT2D eigenvalue weighted by molar-refractivity contribution is 0.0952. The highest BCUT2D eigenvalue weighted by molar-refractivity contribution is 9.10. The molecule has 0 aliphatic heterocycles. The lowest BCUT2D eigenvalue weighted by atomic mass is 9.90. The molecule has 0 fully saturated rings. The van der Waals surface area contributed by atoms with Gasteiger partial charge in [-0.3, -0.25) is 4.79 Å². The van der Waals surface area contributed by atoms with E-state index in [4.69, 9.17) is 0 Å². The van der Waals surface area contributed by atoms with Crippen LogP contribution in [-0.4, -0.2) is 17.3 Å². The summed E-state index contributed by atoms with van der Waals surface area (Å²) in [4.78, 5) is 12.4. The van der Waals surface area contributed by atoms with Crippen LogP contribution in [0.15, 0.2) is 22.7 Å². The van der Waals surface area contributed by atoms with Crippen LogP contribution in [0.1, 0.15) is 43.1 Å². The fourth-order valence-corrected chi connectivity index (χ4v) is 3.65. The van der Waals surface area contributed by atoms with Gasteiger partial charge in [0.15, 0.2) is 0 Å². The summed E-state index contributed by atoms with van der Waals surface area (Å²) >= 11 is 7.03. The van der Waals surface area contributed by atoms with E-state index in [1.165, 1.54) is 0 Å². The molecule has 1 aromatic rings. The number of benzene rings is 1. The van der Waals surface area contributed by atoms with Crippen molar-refractivity contribution in [1.82, 2.24) is 5.32 Å². The average molecular weight is 391 g/mol. The molecule has 0 spiro atoms. The van der Waals surface area contributed by atoms with Crippen LogP contribution in [0.5, 0.6) is 0 Å². The van der Waals surface area contributed by atoms with E-state index >= 15 is 0 Å². The van der Waals surface area contributed by atoms with E-state index in [1.54, 1.807) is 0 Å². The van der Waals surface area contributed by atoms with Crippen molar-refractivity contribution in [3.05, 3.63) is 33.8 Å². The fraction of sp³-hybridized carbons (Fsp3) is 0.533. The smallest absolute Gasteiger partial charge is 0.251 e. The third-order valence-electron chi connectivity index (χ3n) is 2.62. The summed E-state index contributed by atoms with van der Waals surface area (Å²) in [5, 5.41) is 2.97. The number of aryl methyl sites for hydroxylation is 1. The van der Waals surface area contributed by atoms with E-state index in [9.17, 15) is 4.79 Å². The van der Waals surface area contributed by atoms with Gasteiger partial charge in [-0.25, -0.2) is 0 Å². The third kappa shape index (κ3) is 6.57. The van der Waals surface area contributed by atoms with E-state index in [1.807, 2.05) is 25.1 Å². The number of hydrogen-bond donors (Lipinski definition) is 1. The molecule has 106 valence electrons. The number of halogens is 2. The molecular formula is C15H21Br2NO. The van der Waals surface area contributed by atoms with Crippen molar-refractivity contribution >= 4 is 37.8 Å². The van der Waals surface area contributed by atoms with E-state index < -0.39 is 0 Å². The first-order valence-electron chi connectivity index (χ1n) is 6.37. The molecule has 2 nitrogen and oxygen atoms in total. The maximum Gasteiger partial charge on any atom is 0.251 e. The zero-order valence-electron chi connectivity index (χ0n) is 11.9. The summed E-state index contributed by atoms with van der Waals surface area (Å²) in [5.74, 6) is -0.0252. The minimum absolute atomic E-state index is 0.0252.